The first-order valence-electron chi connectivity index (χ1n) is 7.32. The van der Waals surface area contributed by atoms with Gasteiger partial charge in [0.25, 0.3) is 6.43 Å². The van der Waals surface area contributed by atoms with E-state index in [2.05, 4.69) is 10.6 Å². The first-order chi connectivity index (χ1) is 10.3. The van der Waals surface area contributed by atoms with Gasteiger partial charge in [0.05, 0.1) is 0 Å². The molecule has 0 saturated heterocycles. The average molecular weight is 314 g/mol. The van der Waals surface area contributed by atoms with E-state index in [-0.39, 0.29) is 5.56 Å². The van der Waals surface area contributed by atoms with Crippen LogP contribution in [0, 0.1) is 0 Å². The highest BCUT2D eigenvalue weighted by atomic mass is 19.3. The summed E-state index contributed by atoms with van der Waals surface area (Å²) in [5, 5.41) is 5.87. The monoisotopic (exact) mass is 314 g/mol. The van der Waals surface area contributed by atoms with E-state index in [4.69, 9.17) is 4.74 Å². The second-order valence-corrected chi connectivity index (χ2v) is 6.00. The summed E-state index contributed by atoms with van der Waals surface area (Å²) in [6.07, 6.45) is -2.09. The molecule has 0 unspecified atom stereocenters. The molecule has 2 N–H and O–H groups in total. The standard InChI is InChI=1S/C16H24F2N2O2/c1-16(2,3)22-15(21)20-10-4-9-19-11-12-5-7-13(8-6-12)14(17)18/h5-8,14,19H,4,9-11H2,1-3H3,(H,20,21). The lowest BCUT2D eigenvalue weighted by Crippen LogP contribution is -2.33. The van der Waals surface area contributed by atoms with Crippen molar-refractivity contribution in [2.75, 3.05) is 13.1 Å². The molecule has 0 heterocycles. The van der Waals surface area contributed by atoms with Crippen LogP contribution in [-0.4, -0.2) is 24.8 Å². The van der Waals surface area contributed by atoms with Crippen LogP contribution in [0.4, 0.5) is 13.6 Å². The van der Waals surface area contributed by atoms with Gasteiger partial charge in [0.15, 0.2) is 0 Å². The number of benzene rings is 1. The van der Waals surface area contributed by atoms with Crippen LogP contribution >= 0.6 is 0 Å². The predicted molar refractivity (Wildman–Crippen MR) is 82.0 cm³/mol. The second kappa shape index (κ2) is 8.68. The molecule has 22 heavy (non-hydrogen) atoms. The van der Waals surface area contributed by atoms with E-state index in [1.54, 1.807) is 12.1 Å². The number of ether oxygens (including phenoxy) is 1. The van der Waals surface area contributed by atoms with Gasteiger partial charge in [0.2, 0.25) is 0 Å². The SMILES string of the molecule is CC(C)(C)OC(=O)NCCCNCc1ccc(C(F)F)cc1. The number of nitrogens with one attached hydrogen (secondary N) is 2. The molecule has 1 aromatic carbocycles. The van der Waals surface area contributed by atoms with E-state index < -0.39 is 18.1 Å². The minimum atomic E-state index is -2.43. The quantitative estimate of drug-likeness (QED) is 0.756. The maximum absolute atomic E-state index is 12.4. The molecular weight excluding hydrogens is 290 g/mol. The fourth-order valence-electron chi connectivity index (χ4n) is 1.73. The number of alkyl carbamates (subject to hydrolysis) is 1. The van der Waals surface area contributed by atoms with Crippen LogP contribution < -0.4 is 10.6 Å². The van der Waals surface area contributed by atoms with Crippen LogP contribution in [0.15, 0.2) is 24.3 Å². The Bertz CT molecular complexity index is 456. The van der Waals surface area contributed by atoms with Gasteiger partial charge in [-0.15, -0.1) is 0 Å². The Morgan fingerprint density at radius 2 is 1.82 bits per heavy atom. The summed E-state index contributed by atoms with van der Waals surface area (Å²) in [4.78, 5) is 11.4. The zero-order valence-electron chi connectivity index (χ0n) is 13.3. The highest BCUT2D eigenvalue weighted by molar-refractivity contribution is 5.67. The van der Waals surface area contributed by atoms with Crippen molar-refractivity contribution in [3.05, 3.63) is 35.4 Å². The molecule has 0 aliphatic carbocycles. The molecule has 0 saturated carbocycles. The third-order valence-corrected chi connectivity index (χ3v) is 2.76. The van der Waals surface area contributed by atoms with Gasteiger partial charge in [-0.1, -0.05) is 24.3 Å². The Morgan fingerprint density at radius 3 is 2.36 bits per heavy atom. The van der Waals surface area contributed by atoms with Gasteiger partial charge >= 0.3 is 6.09 Å². The van der Waals surface area contributed by atoms with E-state index in [0.717, 1.165) is 12.0 Å². The van der Waals surface area contributed by atoms with Crippen LogP contribution in [-0.2, 0) is 11.3 Å². The Kier molecular flexibility index (Phi) is 7.24. The van der Waals surface area contributed by atoms with Crippen LogP contribution in [0.2, 0.25) is 0 Å². The summed E-state index contributed by atoms with van der Waals surface area (Å²) in [6, 6.07) is 6.25. The third kappa shape index (κ3) is 7.93. The third-order valence-electron chi connectivity index (χ3n) is 2.76. The molecule has 0 aromatic heterocycles. The number of carbonyl (C=O) groups is 1. The van der Waals surface area contributed by atoms with Gasteiger partial charge in [-0.3, -0.25) is 0 Å². The van der Waals surface area contributed by atoms with E-state index in [9.17, 15) is 13.6 Å². The number of carbonyl (C=O) groups excluding carboxylic acids is 1. The first-order valence-corrected chi connectivity index (χ1v) is 7.32. The zero-order chi connectivity index (χ0) is 16.6. The summed E-state index contributed by atoms with van der Waals surface area (Å²) in [5.74, 6) is 0. The summed E-state index contributed by atoms with van der Waals surface area (Å²) in [6.45, 7) is 7.28. The van der Waals surface area contributed by atoms with Gasteiger partial charge in [-0.05, 0) is 39.3 Å². The lowest BCUT2D eigenvalue weighted by atomic mass is 10.1. The molecular formula is C16H24F2N2O2. The Labute approximate surface area is 130 Å². The maximum atomic E-state index is 12.4. The number of hydrogen-bond donors (Lipinski definition) is 2. The van der Waals surface area contributed by atoms with Crippen molar-refractivity contribution in [1.29, 1.82) is 0 Å². The van der Waals surface area contributed by atoms with Crippen molar-refractivity contribution < 1.29 is 18.3 Å². The molecule has 0 spiro atoms. The Morgan fingerprint density at radius 1 is 1.18 bits per heavy atom. The largest absolute Gasteiger partial charge is 0.444 e. The highest BCUT2D eigenvalue weighted by Gasteiger charge is 2.15. The molecule has 1 amide bonds. The van der Waals surface area contributed by atoms with Crippen molar-refractivity contribution in [2.45, 2.75) is 45.8 Å². The molecule has 0 aliphatic rings. The van der Waals surface area contributed by atoms with E-state index in [1.165, 1.54) is 12.1 Å². The molecule has 0 bridgehead atoms. The van der Waals surface area contributed by atoms with E-state index in [1.807, 2.05) is 20.8 Å². The van der Waals surface area contributed by atoms with Crippen LogP contribution in [0.3, 0.4) is 0 Å². The smallest absolute Gasteiger partial charge is 0.407 e. The molecule has 1 rings (SSSR count). The number of halogens is 2. The average Bonchev–Trinajstić information content (AvgIpc) is 2.41. The zero-order valence-corrected chi connectivity index (χ0v) is 13.3. The van der Waals surface area contributed by atoms with Crippen molar-refractivity contribution >= 4 is 6.09 Å². The predicted octanol–water partition coefficient (Wildman–Crippen LogP) is 3.63. The van der Waals surface area contributed by atoms with Crippen molar-refractivity contribution in [3.8, 4) is 0 Å². The molecule has 0 radical (unpaired) electrons. The molecule has 124 valence electrons. The number of amides is 1. The topological polar surface area (TPSA) is 50.4 Å². The maximum Gasteiger partial charge on any atom is 0.407 e. The molecule has 4 nitrogen and oxygen atoms in total. The molecule has 0 aliphatic heterocycles. The fraction of sp³-hybridized carbons (Fsp3) is 0.562. The normalized spacial score (nSPS) is 11.5. The van der Waals surface area contributed by atoms with Gasteiger partial charge in [-0.2, -0.15) is 0 Å². The Balaban J connectivity index is 2.12. The van der Waals surface area contributed by atoms with Gasteiger partial charge in [0, 0.05) is 18.7 Å². The minimum Gasteiger partial charge on any atom is -0.444 e. The van der Waals surface area contributed by atoms with Crippen molar-refractivity contribution in [1.82, 2.24) is 10.6 Å². The Hall–Kier alpha value is -1.69. The molecule has 1 aromatic rings. The lowest BCUT2D eigenvalue weighted by Gasteiger charge is -2.19. The van der Waals surface area contributed by atoms with Crippen LogP contribution in [0.1, 0.15) is 44.7 Å². The summed E-state index contributed by atoms with van der Waals surface area (Å²) >= 11 is 0. The fourth-order valence-corrected chi connectivity index (χ4v) is 1.73. The minimum absolute atomic E-state index is 0.0327. The lowest BCUT2D eigenvalue weighted by molar-refractivity contribution is 0.0527. The van der Waals surface area contributed by atoms with Gasteiger partial charge in [-0.25, -0.2) is 13.6 Å². The summed E-state index contributed by atoms with van der Waals surface area (Å²) in [7, 11) is 0. The number of alkyl halides is 2. The summed E-state index contributed by atoms with van der Waals surface area (Å²) in [5.41, 5.74) is 0.488. The first kappa shape index (κ1) is 18.4. The number of hydrogen-bond acceptors (Lipinski definition) is 3. The van der Waals surface area contributed by atoms with E-state index >= 15 is 0 Å². The molecule has 0 atom stereocenters. The van der Waals surface area contributed by atoms with Gasteiger partial charge < -0.3 is 15.4 Å². The van der Waals surface area contributed by atoms with Crippen molar-refractivity contribution in [3.63, 3.8) is 0 Å². The molecule has 6 heteroatoms. The highest BCUT2D eigenvalue weighted by Crippen LogP contribution is 2.18. The van der Waals surface area contributed by atoms with Crippen LogP contribution in [0.25, 0.3) is 0 Å². The van der Waals surface area contributed by atoms with Crippen LogP contribution in [0.5, 0.6) is 0 Å². The van der Waals surface area contributed by atoms with Gasteiger partial charge in [0.1, 0.15) is 5.60 Å². The second-order valence-electron chi connectivity index (χ2n) is 6.00. The van der Waals surface area contributed by atoms with E-state index in [0.29, 0.717) is 19.6 Å². The molecule has 0 fully saturated rings. The summed E-state index contributed by atoms with van der Waals surface area (Å²) < 4.78 is 29.9. The van der Waals surface area contributed by atoms with Crippen molar-refractivity contribution in [2.24, 2.45) is 0 Å². The number of rotatable bonds is 7.